The normalized spacial score (nSPS) is 12.6. The molecule has 0 amide bonds. The third-order valence-corrected chi connectivity index (χ3v) is 20.8. The molecule has 3 aliphatic rings. The Morgan fingerprint density at radius 2 is 0.481 bits per heavy atom. The lowest BCUT2D eigenvalue weighted by Crippen LogP contribution is -2.28. The van der Waals surface area contributed by atoms with E-state index in [0.717, 1.165) is 17.7 Å². The Labute approximate surface area is 616 Å². The Hall–Kier alpha value is -11.1. The largest absolute Gasteiger partial charge is 0.416 e. The van der Waals surface area contributed by atoms with Gasteiger partial charge in [0.05, 0.1) is 16.4 Å². The highest BCUT2D eigenvalue weighted by molar-refractivity contribution is 5.96. The summed E-state index contributed by atoms with van der Waals surface area (Å²) in [6, 6.07) is 116. The van der Waals surface area contributed by atoms with E-state index < -0.39 is 11.7 Å². The van der Waals surface area contributed by atoms with Crippen LogP contribution in [0.5, 0.6) is 0 Å². The standard InChI is InChI=1S/C32H22.C32H24.C11H16.C10H14.C8H7F3.C8H10/c1-21-14-16-22(17-15-21)23-18-19-27-26-10-4-7-13-30(26)32(31(27)20-23)28-11-5-2-8-24(28)25-9-3-6-12-29(25)32;1-23-16-18-24(19-17-23)25-20-21-29-28-14-8-9-15-30(28)32(31(29)22-25,26-10-4-2-5-11-26)27-12-6-3-7-13-27;1-9-5-7-10(8-6-9)11(2,3)4;1-7-5-8(2)10(4)9(3)6-7;1-6-2-4-7(5-3-6)8(9,10)11;1-7-3-5-8(2)6-4-7/h2-20H,1H3;2-22H,1H3;5-8H,1-4H3;5-6H,1-4H3;2-5H,1H3;3-6H,1-2H3. The molecule has 518 valence electrons. The zero-order chi connectivity index (χ0) is 73.5. The summed E-state index contributed by atoms with van der Waals surface area (Å²) in [5.41, 5.74) is 37.5. The second kappa shape index (κ2) is 30.8. The summed E-state index contributed by atoms with van der Waals surface area (Å²) in [5, 5.41) is 0. The van der Waals surface area contributed by atoms with Gasteiger partial charge >= 0.3 is 6.18 Å². The molecule has 0 aliphatic heterocycles. The maximum absolute atomic E-state index is 11.9. The minimum atomic E-state index is -4.21. The van der Waals surface area contributed by atoms with Crippen LogP contribution in [0.25, 0.3) is 55.6 Å². The van der Waals surface area contributed by atoms with Gasteiger partial charge in [-0.15, -0.1) is 0 Å². The van der Waals surface area contributed by atoms with Crippen LogP contribution in [0.4, 0.5) is 13.2 Å². The molecular weight excluding hydrogens is 1270 g/mol. The molecule has 0 nitrogen and oxygen atoms in total. The third-order valence-electron chi connectivity index (χ3n) is 20.8. The molecule has 0 saturated carbocycles. The first-order valence-corrected chi connectivity index (χ1v) is 36.2. The number of fused-ring (bicyclic) bond motifs is 13. The van der Waals surface area contributed by atoms with E-state index in [1.54, 1.807) is 6.92 Å². The Bertz CT molecular complexity index is 4910. The molecule has 3 heteroatoms. The van der Waals surface area contributed by atoms with Crippen molar-refractivity contribution in [2.75, 3.05) is 0 Å². The molecule has 14 aromatic carbocycles. The van der Waals surface area contributed by atoms with E-state index in [0.29, 0.717) is 0 Å². The van der Waals surface area contributed by atoms with Crippen LogP contribution in [-0.2, 0) is 22.4 Å². The topological polar surface area (TPSA) is 0 Å². The van der Waals surface area contributed by atoms with Crippen molar-refractivity contribution in [2.24, 2.45) is 0 Å². The molecule has 14 aromatic rings. The van der Waals surface area contributed by atoms with Crippen LogP contribution in [-0.4, -0.2) is 0 Å². The van der Waals surface area contributed by atoms with Crippen LogP contribution in [0.15, 0.2) is 328 Å². The summed E-state index contributed by atoms with van der Waals surface area (Å²) >= 11 is 0. The third kappa shape index (κ3) is 15.0. The van der Waals surface area contributed by atoms with Crippen molar-refractivity contribution < 1.29 is 13.2 Å². The number of alkyl halides is 3. The molecule has 3 aliphatic carbocycles. The molecule has 0 saturated heterocycles. The second-order valence-electron chi connectivity index (χ2n) is 29.3. The smallest absolute Gasteiger partial charge is 0.166 e. The van der Waals surface area contributed by atoms with E-state index in [9.17, 15) is 13.2 Å². The predicted octanol–water partition coefficient (Wildman–Crippen LogP) is 27.6. The summed E-state index contributed by atoms with van der Waals surface area (Å²) in [6.07, 6.45) is -4.21. The van der Waals surface area contributed by atoms with Gasteiger partial charge in [-0.25, -0.2) is 0 Å². The van der Waals surface area contributed by atoms with Crippen LogP contribution in [0, 0.1) is 69.2 Å². The first-order valence-electron chi connectivity index (χ1n) is 36.2. The average molecular weight is 1360 g/mol. The summed E-state index contributed by atoms with van der Waals surface area (Å²) in [5.74, 6) is 0. The van der Waals surface area contributed by atoms with Crippen molar-refractivity contribution in [1.29, 1.82) is 0 Å². The van der Waals surface area contributed by atoms with E-state index in [1.165, 1.54) is 168 Å². The second-order valence-corrected chi connectivity index (χ2v) is 29.3. The van der Waals surface area contributed by atoms with Gasteiger partial charge in [0.1, 0.15) is 0 Å². The SMILES string of the molecule is Cc1cc(C)c(C)c(C)c1.Cc1ccc(-c2ccc3c(c2)C(c2ccccc2)(c2ccccc2)c2ccccc2-3)cc1.Cc1ccc(-c2ccc3c(c2)C2(c4ccccc4-c4ccccc42)c2ccccc2-3)cc1.Cc1ccc(C(C)(C)C)cc1.Cc1ccc(C(F)(F)F)cc1.Cc1ccc(C)cc1. The van der Waals surface area contributed by atoms with E-state index in [4.69, 9.17) is 0 Å². The van der Waals surface area contributed by atoms with Crippen LogP contribution in [0.1, 0.15) is 132 Å². The first-order chi connectivity index (χ1) is 50.0. The number of rotatable bonds is 4. The zero-order valence-corrected chi connectivity index (χ0v) is 62.3. The number of hydrogen-bond acceptors (Lipinski definition) is 0. The van der Waals surface area contributed by atoms with Crippen LogP contribution in [0.3, 0.4) is 0 Å². The number of benzene rings is 14. The van der Waals surface area contributed by atoms with E-state index in [2.05, 4.69) is 386 Å². The summed E-state index contributed by atoms with van der Waals surface area (Å²) in [4.78, 5) is 0. The van der Waals surface area contributed by atoms with Gasteiger partial charge in [0, 0.05) is 0 Å². The van der Waals surface area contributed by atoms with Crippen LogP contribution in [0.2, 0.25) is 0 Å². The van der Waals surface area contributed by atoms with Gasteiger partial charge in [-0.3, -0.25) is 0 Å². The highest BCUT2D eigenvalue weighted by Gasteiger charge is 2.52. The minimum Gasteiger partial charge on any atom is -0.166 e. The zero-order valence-electron chi connectivity index (χ0n) is 62.3. The number of aryl methyl sites for hydroxylation is 9. The van der Waals surface area contributed by atoms with E-state index >= 15 is 0 Å². The highest BCUT2D eigenvalue weighted by atomic mass is 19.4. The van der Waals surface area contributed by atoms with Gasteiger partial charge in [0.15, 0.2) is 0 Å². The quantitative estimate of drug-likeness (QED) is 0.165. The Morgan fingerprint density at radius 3 is 0.808 bits per heavy atom. The lowest BCUT2D eigenvalue weighted by molar-refractivity contribution is -0.137. The van der Waals surface area contributed by atoms with Crippen molar-refractivity contribution in [3.63, 3.8) is 0 Å². The lowest BCUT2D eigenvalue weighted by Gasteiger charge is -2.34. The van der Waals surface area contributed by atoms with Crippen LogP contribution < -0.4 is 0 Å². The fourth-order valence-electron chi connectivity index (χ4n) is 15.1. The highest BCUT2D eigenvalue weighted by Crippen LogP contribution is 2.63. The number of halogens is 3. The Kier molecular flexibility index (Phi) is 21.5. The van der Waals surface area contributed by atoms with Gasteiger partial charge in [-0.2, -0.15) is 13.2 Å². The summed E-state index contributed by atoms with van der Waals surface area (Å²) in [7, 11) is 0. The molecular formula is C101H93F3. The predicted molar refractivity (Wildman–Crippen MR) is 434 cm³/mol. The molecule has 0 N–H and O–H groups in total. The van der Waals surface area contributed by atoms with Crippen molar-refractivity contribution in [3.05, 3.63) is 439 Å². The molecule has 0 radical (unpaired) electrons. The van der Waals surface area contributed by atoms with E-state index in [-0.39, 0.29) is 16.2 Å². The molecule has 0 fully saturated rings. The summed E-state index contributed by atoms with van der Waals surface area (Å²) in [6.45, 7) is 27.7. The molecule has 1 spiro atoms. The van der Waals surface area contributed by atoms with Crippen molar-refractivity contribution >= 4 is 0 Å². The molecule has 0 bridgehead atoms. The van der Waals surface area contributed by atoms with Crippen molar-refractivity contribution in [1.82, 2.24) is 0 Å². The monoisotopic (exact) mass is 1360 g/mol. The molecule has 0 heterocycles. The molecule has 0 unspecified atom stereocenters. The molecule has 104 heavy (non-hydrogen) atoms. The van der Waals surface area contributed by atoms with Gasteiger partial charge < -0.3 is 0 Å². The first kappa shape index (κ1) is 72.7. The molecule has 0 aromatic heterocycles. The van der Waals surface area contributed by atoms with Gasteiger partial charge in [-0.05, 0) is 221 Å². The lowest BCUT2D eigenvalue weighted by atomic mass is 9.67. The van der Waals surface area contributed by atoms with E-state index in [1.807, 2.05) is 0 Å². The van der Waals surface area contributed by atoms with Crippen molar-refractivity contribution in [3.8, 4) is 55.6 Å². The van der Waals surface area contributed by atoms with Gasteiger partial charge in [-0.1, -0.05) is 363 Å². The van der Waals surface area contributed by atoms with Crippen molar-refractivity contribution in [2.45, 2.75) is 112 Å². The Balaban J connectivity index is 0.000000130. The Morgan fingerprint density at radius 1 is 0.221 bits per heavy atom. The van der Waals surface area contributed by atoms with Gasteiger partial charge in [0.2, 0.25) is 0 Å². The van der Waals surface area contributed by atoms with Crippen LogP contribution >= 0.6 is 0 Å². The minimum absolute atomic E-state index is 0.264. The maximum Gasteiger partial charge on any atom is 0.416 e. The maximum atomic E-state index is 11.9. The fourth-order valence-corrected chi connectivity index (χ4v) is 15.1. The molecule has 17 rings (SSSR count). The number of hydrogen-bond donors (Lipinski definition) is 0. The summed E-state index contributed by atoms with van der Waals surface area (Å²) < 4.78 is 35.8. The fraction of sp³-hybridized carbons (Fsp3) is 0.168. The molecule has 0 atom stereocenters. The average Bonchev–Trinajstić information content (AvgIpc) is 1.51. The van der Waals surface area contributed by atoms with Gasteiger partial charge in [0.25, 0.3) is 0 Å².